The van der Waals surface area contributed by atoms with Crippen LogP contribution in [-0.4, -0.2) is 36.1 Å². The molecule has 0 aromatic heterocycles. The first-order chi connectivity index (χ1) is 9.66. The molecular weight excluding hydrogens is 276 g/mol. The molecule has 2 heterocycles. The molecule has 1 amide bonds. The number of carbonyl (C=O) groups excluding carboxylic acids is 1. The normalized spacial score (nSPS) is 28.1. The molecule has 2 aliphatic rings. The summed E-state index contributed by atoms with van der Waals surface area (Å²) in [6, 6.07) is 7.82. The molecular formula is C15H19ClN2O2. The van der Waals surface area contributed by atoms with Crippen molar-refractivity contribution in [1.82, 2.24) is 10.2 Å². The summed E-state index contributed by atoms with van der Waals surface area (Å²) in [5, 5.41) is 4.09. The molecule has 2 saturated heterocycles. The minimum Gasteiger partial charge on any atom is -0.381 e. The summed E-state index contributed by atoms with van der Waals surface area (Å²) in [4.78, 5) is 14.4. The van der Waals surface area contributed by atoms with Crippen molar-refractivity contribution in [3.63, 3.8) is 0 Å². The number of nitrogens with one attached hydrogen (secondary N) is 1. The lowest BCUT2D eigenvalue weighted by molar-refractivity contribution is -0.134. The smallest absolute Gasteiger partial charge is 0.241 e. The van der Waals surface area contributed by atoms with Gasteiger partial charge in [0.25, 0.3) is 0 Å². The topological polar surface area (TPSA) is 41.6 Å². The molecule has 0 saturated carbocycles. The summed E-state index contributed by atoms with van der Waals surface area (Å²) in [6.07, 6.45) is 1.76. The first-order valence-electron chi connectivity index (χ1n) is 7.08. The van der Waals surface area contributed by atoms with E-state index in [4.69, 9.17) is 16.3 Å². The van der Waals surface area contributed by atoms with Crippen LogP contribution in [0.15, 0.2) is 24.3 Å². The highest BCUT2D eigenvalue weighted by atomic mass is 35.5. The Morgan fingerprint density at radius 2 is 1.90 bits per heavy atom. The number of ether oxygens (including phenoxy) is 1. The van der Waals surface area contributed by atoms with Gasteiger partial charge in [-0.1, -0.05) is 23.7 Å². The second kappa shape index (κ2) is 5.72. The Balaban J connectivity index is 1.87. The fourth-order valence-corrected chi connectivity index (χ4v) is 3.12. The second-order valence-corrected chi connectivity index (χ2v) is 5.87. The molecule has 5 heteroatoms. The zero-order valence-electron chi connectivity index (χ0n) is 11.5. The van der Waals surface area contributed by atoms with Gasteiger partial charge in [0.05, 0.1) is 6.04 Å². The maximum Gasteiger partial charge on any atom is 0.241 e. The number of hydrogen-bond acceptors (Lipinski definition) is 3. The highest BCUT2D eigenvalue weighted by Gasteiger charge is 2.41. The van der Waals surface area contributed by atoms with Crippen LogP contribution in [0.3, 0.4) is 0 Å². The maximum absolute atomic E-state index is 12.5. The SMILES string of the molecule is CC1NC(c2ccc(Cl)cc2)N(C2CCOCC2)C1=O. The third-order valence-electron chi connectivity index (χ3n) is 4.08. The van der Waals surface area contributed by atoms with Gasteiger partial charge in [-0.2, -0.15) is 0 Å². The van der Waals surface area contributed by atoms with Crippen LogP contribution in [0.5, 0.6) is 0 Å². The number of benzene rings is 1. The fourth-order valence-electron chi connectivity index (χ4n) is 3.00. The first-order valence-corrected chi connectivity index (χ1v) is 7.46. The monoisotopic (exact) mass is 294 g/mol. The standard InChI is InChI=1S/C15H19ClN2O2/c1-10-15(19)18(13-6-8-20-9-7-13)14(17-10)11-2-4-12(16)5-3-11/h2-5,10,13-14,17H,6-9H2,1H3. The minimum absolute atomic E-state index is 0.0575. The quantitative estimate of drug-likeness (QED) is 0.910. The predicted molar refractivity (Wildman–Crippen MR) is 77.5 cm³/mol. The van der Waals surface area contributed by atoms with E-state index in [9.17, 15) is 4.79 Å². The van der Waals surface area contributed by atoms with Gasteiger partial charge >= 0.3 is 0 Å². The Bertz CT molecular complexity index is 485. The van der Waals surface area contributed by atoms with Crippen LogP contribution in [0.4, 0.5) is 0 Å². The van der Waals surface area contributed by atoms with Crippen molar-refractivity contribution < 1.29 is 9.53 Å². The van der Waals surface area contributed by atoms with Crippen molar-refractivity contribution in [3.8, 4) is 0 Å². The molecule has 0 spiro atoms. The highest BCUT2D eigenvalue weighted by molar-refractivity contribution is 6.30. The summed E-state index contributed by atoms with van der Waals surface area (Å²) in [6.45, 7) is 3.39. The van der Waals surface area contributed by atoms with Gasteiger partial charge in [0, 0.05) is 24.3 Å². The van der Waals surface area contributed by atoms with Crippen LogP contribution in [-0.2, 0) is 9.53 Å². The molecule has 2 fully saturated rings. The van der Waals surface area contributed by atoms with E-state index >= 15 is 0 Å². The zero-order valence-corrected chi connectivity index (χ0v) is 12.3. The molecule has 0 radical (unpaired) electrons. The Kier molecular flexibility index (Phi) is 3.96. The highest BCUT2D eigenvalue weighted by Crippen LogP contribution is 2.31. The Morgan fingerprint density at radius 3 is 2.55 bits per heavy atom. The van der Waals surface area contributed by atoms with Crippen LogP contribution < -0.4 is 5.32 Å². The van der Waals surface area contributed by atoms with E-state index < -0.39 is 0 Å². The number of amides is 1. The average Bonchev–Trinajstić information content (AvgIpc) is 2.77. The molecule has 2 atom stereocenters. The molecule has 108 valence electrons. The van der Waals surface area contributed by atoms with Crippen molar-refractivity contribution in [2.45, 2.75) is 38.0 Å². The lowest BCUT2D eigenvalue weighted by atomic mass is 10.0. The van der Waals surface area contributed by atoms with Crippen LogP contribution in [0.2, 0.25) is 5.02 Å². The van der Waals surface area contributed by atoms with Gasteiger partial charge in [0.1, 0.15) is 6.17 Å². The maximum atomic E-state index is 12.5. The Morgan fingerprint density at radius 1 is 1.25 bits per heavy atom. The van der Waals surface area contributed by atoms with Crippen LogP contribution >= 0.6 is 11.6 Å². The van der Waals surface area contributed by atoms with E-state index in [0.717, 1.165) is 31.6 Å². The molecule has 1 aromatic carbocycles. The van der Waals surface area contributed by atoms with Crippen LogP contribution in [0.25, 0.3) is 0 Å². The predicted octanol–water partition coefficient (Wildman–Crippen LogP) is 2.34. The second-order valence-electron chi connectivity index (χ2n) is 5.43. The Hall–Kier alpha value is -1.10. The fraction of sp³-hybridized carbons (Fsp3) is 0.533. The lowest BCUT2D eigenvalue weighted by Crippen LogP contribution is -2.43. The zero-order chi connectivity index (χ0) is 14.1. The van der Waals surface area contributed by atoms with E-state index in [1.54, 1.807) is 0 Å². The Labute approximate surface area is 124 Å². The third kappa shape index (κ3) is 2.55. The first kappa shape index (κ1) is 13.9. The van der Waals surface area contributed by atoms with Gasteiger partial charge in [0.15, 0.2) is 0 Å². The summed E-state index contributed by atoms with van der Waals surface area (Å²) in [5.41, 5.74) is 1.08. The van der Waals surface area contributed by atoms with Crippen molar-refractivity contribution in [3.05, 3.63) is 34.9 Å². The van der Waals surface area contributed by atoms with Crippen molar-refractivity contribution in [1.29, 1.82) is 0 Å². The summed E-state index contributed by atoms with van der Waals surface area (Å²) < 4.78 is 5.40. The summed E-state index contributed by atoms with van der Waals surface area (Å²) in [5.74, 6) is 0.178. The van der Waals surface area contributed by atoms with E-state index in [0.29, 0.717) is 5.02 Å². The third-order valence-corrected chi connectivity index (χ3v) is 4.33. The van der Waals surface area contributed by atoms with E-state index in [-0.39, 0.29) is 24.2 Å². The molecule has 4 nitrogen and oxygen atoms in total. The number of hydrogen-bond donors (Lipinski definition) is 1. The molecule has 0 aliphatic carbocycles. The number of rotatable bonds is 2. The van der Waals surface area contributed by atoms with Gasteiger partial charge in [-0.15, -0.1) is 0 Å². The summed E-state index contributed by atoms with van der Waals surface area (Å²) in [7, 11) is 0. The summed E-state index contributed by atoms with van der Waals surface area (Å²) >= 11 is 5.94. The molecule has 20 heavy (non-hydrogen) atoms. The molecule has 0 bridgehead atoms. The molecule has 1 N–H and O–H groups in total. The van der Waals surface area contributed by atoms with E-state index in [1.165, 1.54) is 0 Å². The van der Waals surface area contributed by atoms with E-state index in [1.807, 2.05) is 36.1 Å². The number of nitrogens with zero attached hydrogens (tertiary/aromatic N) is 1. The largest absolute Gasteiger partial charge is 0.381 e. The van der Waals surface area contributed by atoms with Gasteiger partial charge in [-0.25, -0.2) is 0 Å². The van der Waals surface area contributed by atoms with Crippen LogP contribution in [0.1, 0.15) is 31.5 Å². The minimum atomic E-state index is -0.140. The number of carbonyl (C=O) groups is 1. The van der Waals surface area contributed by atoms with Crippen molar-refractivity contribution >= 4 is 17.5 Å². The average molecular weight is 295 g/mol. The van der Waals surface area contributed by atoms with Crippen LogP contribution in [0, 0.1) is 0 Å². The van der Waals surface area contributed by atoms with Gasteiger partial charge in [-0.3, -0.25) is 10.1 Å². The van der Waals surface area contributed by atoms with Gasteiger partial charge in [0.2, 0.25) is 5.91 Å². The van der Waals surface area contributed by atoms with Gasteiger partial charge < -0.3 is 9.64 Å². The molecule has 2 aliphatic heterocycles. The van der Waals surface area contributed by atoms with Crippen molar-refractivity contribution in [2.24, 2.45) is 0 Å². The molecule has 3 rings (SSSR count). The van der Waals surface area contributed by atoms with Gasteiger partial charge in [-0.05, 0) is 37.5 Å². The van der Waals surface area contributed by atoms with Crippen molar-refractivity contribution in [2.75, 3.05) is 13.2 Å². The molecule has 2 unspecified atom stereocenters. The molecule has 1 aromatic rings. The van der Waals surface area contributed by atoms with E-state index in [2.05, 4.69) is 5.32 Å². The number of halogens is 1. The lowest BCUT2D eigenvalue weighted by Gasteiger charge is -2.35.